The topological polar surface area (TPSA) is 9.23 Å². The summed E-state index contributed by atoms with van der Waals surface area (Å²) < 4.78 is 6.56. The Morgan fingerprint density at radius 1 is 1.33 bits per heavy atom. The number of hydrogen-bond donors (Lipinski definition) is 0. The molecule has 1 atom stereocenters. The van der Waals surface area contributed by atoms with Crippen molar-refractivity contribution < 1.29 is 4.43 Å². The summed E-state index contributed by atoms with van der Waals surface area (Å²) in [6, 6.07) is 3.59. The zero-order valence-electron chi connectivity index (χ0n) is 12.3. The summed E-state index contributed by atoms with van der Waals surface area (Å²) in [5, 5.41) is 0. The molecule has 0 fully saturated rings. The Morgan fingerprint density at radius 2 is 1.89 bits per heavy atom. The van der Waals surface area contributed by atoms with E-state index in [1.807, 2.05) is 0 Å². The Balaban J connectivity index is 2.88. The highest BCUT2D eigenvalue weighted by atomic mass is 28.4. The normalized spacial score (nSPS) is 20.4. The molecule has 0 aromatic heterocycles. The maximum absolute atomic E-state index is 6.56. The van der Waals surface area contributed by atoms with Crippen molar-refractivity contribution in [1.29, 1.82) is 0 Å². The second-order valence-corrected chi connectivity index (χ2v) is 9.92. The van der Waals surface area contributed by atoms with Crippen molar-refractivity contribution in [3.63, 3.8) is 0 Å². The lowest BCUT2D eigenvalue weighted by atomic mass is 10.1. The van der Waals surface area contributed by atoms with Gasteiger partial charge in [-0.25, -0.2) is 0 Å². The second kappa shape index (κ2) is 6.40. The largest absolute Gasteiger partial charge is 0.410 e. The molecular formula is C16H26OSi. The van der Waals surface area contributed by atoms with Crippen LogP contribution in [-0.2, 0) is 4.43 Å². The van der Waals surface area contributed by atoms with E-state index in [0.717, 1.165) is 6.42 Å². The van der Waals surface area contributed by atoms with Crippen LogP contribution in [-0.4, -0.2) is 14.4 Å². The van der Waals surface area contributed by atoms with Gasteiger partial charge in [-0.1, -0.05) is 27.4 Å². The van der Waals surface area contributed by atoms with Gasteiger partial charge in [0.1, 0.15) is 0 Å². The van der Waals surface area contributed by atoms with Crippen molar-refractivity contribution >= 4 is 8.32 Å². The molecule has 0 bridgehead atoms. The first-order chi connectivity index (χ1) is 8.53. The van der Waals surface area contributed by atoms with Crippen LogP contribution >= 0.6 is 0 Å². The molecule has 0 radical (unpaired) electrons. The fraction of sp³-hybridized carbons (Fsp3) is 0.625. The molecular weight excluding hydrogens is 236 g/mol. The van der Waals surface area contributed by atoms with Crippen LogP contribution in [0.25, 0.3) is 0 Å². The lowest BCUT2D eigenvalue weighted by Gasteiger charge is -2.32. The predicted molar refractivity (Wildman–Crippen MR) is 82.0 cm³/mol. The van der Waals surface area contributed by atoms with E-state index in [0.29, 0.717) is 6.42 Å². The summed E-state index contributed by atoms with van der Waals surface area (Å²) >= 11 is 0. The smallest absolute Gasteiger partial charge is 0.192 e. The maximum atomic E-state index is 6.56. The van der Waals surface area contributed by atoms with Crippen LogP contribution in [0.4, 0.5) is 0 Å². The van der Waals surface area contributed by atoms with E-state index in [9.17, 15) is 0 Å². The van der Waals surface area contributed by atoms with Gasteiger partial charge in [0.05, 0.1) is 6.10 Å². The van der Waals surface area contributed by atoms with Crippen molar-refractivity contribution in [3.05, 3.63) is 23.3 Å². The summed E-state index contributed by atoms with van der Waals surface area (Å²) in [5.41, 5.74) is 3.76. The summed E-state index contributed by atoms with van der Waals surface area (Å²) in [4.78, 5) is 0. The quantitative estimate of drug-likeness (QED) is 0.499. The lowest BCUT2D eigenvalue weighted by molar-refractivity contribution is 0.228. The van der Waals surface area contributed by atoms with E-state index in [1.54, 1.807) is 0 Å². The molecule has 100 valence electrons. The summed E-state index contributed by atoms with van der Waals surface area (Å²) in [5.74, 6) is 2.73. The minimum atomic E-state index is -1.53. The third-order valence-corrected chi connectivity index (χ3v) is 9.07. The molecule has 0 saturated heterocycles. The number of terminal acetylenes is 1. The van der Waals surface area contributed by atoms with Crippen LogP contribution in [0, 0.1) is 12.3 Å². The van der Waals surface area contributed by atoms with Gasteiger partial charge in [-0.05, 0) is 41.8 Å². The van der Waals surface area contributed by atoms with Gasteiger partial charge in [0.25, 0.3) is 0 Å². The Labute approximate surface area is 113 Å². The fourth-order valence-corrected chi connectivity index (χ4v) is 5.64. The molecule has 1 aliphatic rings. The number of allylic oxidation sites excluding steroid dienone is 1. The van der Waals surface area contributed by atoms with Crippen LogP contribution in [0.2, 0.25) is 18.1 Å². The minimum absolute atomic E-state index is 0.243. The molecule has 1 rings (SSSR count). The third kappa shape index (κ3) is 2.96. The van der Waals surface area contributed by atoms with Crippen molar-refractivity contribution in [3.8, 4) is 12.3 Å². The van der Waals surface area contributed by atoms with Gasteiger partial charge in [-0.3, -0.25) is 0 Å². The number of hydrogen-bond acceptors (Lipinski definition) is 1. The lowest BCUT2D eigenvalue weighted by Crippen LogP contribution is -2.39. The van der Waals surface area contributed by atoms with E-state index < -0.39 is 8.32 Å². The molecule has 0 N–H and O–H groups in total. The maximum Gasteiger partial charge on any atom is 0.192 e. The summed E-state index contributed by atoms with van der Waals surface area (Å²) in [6.45, 7) is 13.1. The van der Waals surface area contributed by atoms with Gasteiger partial charge in [-0.15, -0.1) is 12.3 Å². The van der Waals surface area contributed by atoms with Gasteiger partial charge in [0.2, 0.25) is 0 Å². The Hall–Kier alpha value is -0.783. The molecule has 0 heterocycles. The predicted octanol–water partition coefficient (Wildman–Crippen LogP) is 4.68. The van der Waals surface area contributed by atoms with E-state index in [-0.39, 0.29) is 6.10 Å². The highest BCUT2D eigenvalue weighted by Crippen LogP contribution is 2.37. The average Bonchev–Trinajstić information content (AvgIpc) is 2.64. The Morgan fingerprint density at radius 3 is 2.33 bits per heavy atom. The molecule has 0 aromatic carbocycles. The van der Waals surface area contributed by atoms with Gasteiger partial charge in [-0.2, -0.15) is 0 Å². The SMILES string of the molecule is C#CCC1=C(C)[C@@H](O[Si](CC)(CC)CC)CC1=C. The highest BCUT2D eigenvalue weighted by molar-refractivity contribution is 6.73. The van der Waals surface area contributed by atoms with Crippen LogP contribution in [0.5, 0.6) is 0 Å². The zero-order chi connectivity index (χ0) is 13.8. The first-order valence-corrected chi connectivity index (χ1v) is 9.55. The molecule has 0 spiro atoms. The van der Waals surface area contributed by atoms with Gasteiger partial charge in [0, 0.05) is 12.8 Å². The van der Waals surface area contributed by atoms with Crippen molar-refractivity contribution in [2.24, 2.45) is 0 Å². The van der Waals surface area contributed by atoms with E-state index in [2.05, 4.69) is 40.2 Å². The minimum Gasteiger partial charge on any atom is -0.410 e. The summed E-state index contributed by atoms with van der Waals surface area (Å²) in [6.07, 6.45) is 7.31. The van der Waals surface area contributed by atoms with E-state index in [4.69, 9.17) is 10.8 Å². The summed E-state index contributed by atoms with van der Waals surface area (Å²) in [7, 11) is -1.53. The van der Waals surface area contributed by atoms with Crippen LogP contribution < -0.4 is 0 Å². The molecule has 18 heavy (non-hydrogen) atoms. The first kappa shape index (κ1) is 15.3. The van der Waals surface area contributed by atoms with E-state index >= 15 is 0 Å². The molecule has 0 amide bonds. The Kier molecular flexibility index (Phi) is 5.43. The second-order valence-electron chi connectivity index (χ2n) is 5.20. The molecule has 0 saturated carbocycles. The fourth-order valence-electron chi connectivity index (χ4n) is 2.77. The van der Waals surface area contributed by atoms with Gasteiger partial charge in [0.15, 0.2) is 8.32 Å². The standard InChI is InChI=1S/C16H26OSi/c1-7-11-15-13(5)12-16(14(15)6)17-18(8-2,9-3)10-4/h1,16H,5,8-12H2,2-4,6H3/t16-/m0/s1. The van der Waals surface area contributed by atoms with Crippen molar-refractivity contribution in [2.75, 3.05) is 0 Å². The molecule has 1 aliphatic carbocycles. The molecule has 1 nitrogen and oxygen atoms in total. The molecule has 0 unspecified atom stereocenters. The average molecular weight is 262 g/mol. The first-order valence-electron chi connectivity index (χ1n) is 7.02. The number of rotatable bonds is 6. The Bertz CT molecular complexity index is 374. The van der Waals surface area contributed by atoms with Gasteiger partial charge < -0.3 is 4.43 Å². The zero-order valence-corrected chi connectivity index (χ0v) is 13.3. The molecule has 2 heteroatoms. The van der Waals surface area contributed by atoms with Crippen LogP contribution in [0.1, 0.15) is 40.5 Å². The van der Waals surface area contributed by atoms with Gasteiger partial charge >= 0.3 is 0 Å². The third-order valence-electron chi connectivity index (χ3n) is 4.42. The van der Waals surface area contributed by atoms with Crippen molar-refractivity contribution in [2.45, 2.75) is 64.8 Å². The molecule has 0 aromatic rings. The van der Waals surface area contributed by atoms with Crippen molar-refractivity contribution in [1.82, 2.24) is 0 Å². The highest BCUT2D eigenvalue weighted by Gasteiger charge is 2.35. The van der Waals surface area contributed by atoms with Crippen LogP contribution in [0.3, 0.4) is 0 Å². The van der Waals surface area contributed by atoms with E-state index in [1.165, 1.54) is 34.9 Å². The van der Waals surface area contributed by atoms with Crippen LogP contribution in [0.15, 0.2) is 23.3 Å². The monoisotopic (exact) mass is 262 g/mol. The molecule has 0 aliphatic heterocycles.